The second-order valence-corrected chi connectivity index (χ2v) is 8.07. The van der Waals surface area contributed by atoms with E-state index in [-0.39, 0.29) is 17.1 Å². The molecule has 1 heterocycles. The average molecular weight is 379 g/mol. The van der Waals surface area contributed by atoms with E-state index in [9.17, 15) is 17.6 Å². The summed E-state index contributed by atoms with van der Waals surface area (Å²) in [5.41, 5.74) is 1.85. The van der Waals surface area contributed by atoms with Crippen molar-refractivity contribution >= 4 is 44.2 Å². The van der Waals surface area contributed by atoms with Crippen molar-refractivity contribution in [2.75, 3.05) is 11.1 Å². The Morgan fingerprint density at radius 3 is 2.80 bits per heavy atom. The number of sulfone groups is 1. The lowest BCUT2D eigenvalue weighted by molar-refractivity contribution is -0.115. The monoisotopic (exact) mass is 379 g/mol. The number of anilines is 1. The van der Waals surface area contributed by atoms with Gasteiger partial charge in [0.2, 0.25) is 5.91 Å². The number of rotatable bonds is 5. The predicted molar refractivity (Wildman–Crippen MR) is 93.9 cm³/mol. The Labute approximate surface area is 147 Å². The van der Waals surface area contributed by atoms with Crippen LogP contribution in [0.1, 0.15) is 12.0 Å². The van der Waals surface area contributed by atoms with Gasteiger partial charge in [-0.15, -0.1) is 0 Å². The highest BCUT2D eigenvalue weighted by molar-refractivity contribution is 7.91. The fraction of sp³-hybridized carbons (Fsp3) is 0.188. The zero-order valence-electron chi connectivity index (χ0n) is 13.2. The summed E-state index contributed by atoms with van der Waals surface area (Å²) in [5, 5.41) is 2.60. The average Bonchev–Trinajstić information content (AvgIpc) is 3.04. The molecule has 0 spiro atoms. The molecule has 6 nitrogen and oxygen atoms in total. The van der Waals surface area contributed by atoms with E-state index in [1.807, 2.05) is 0 Å². The van der Waals surface area contributed by atoms with E-state index >= 15 is 0 Å². The largest absolute Gasteiger partial charge is 0.326 e. The Hall–Kier alpha value is -2.39. The first-order valence-electron chi connectivity index (χ1n) is 7.37. The third kappa shape index (κ3) is 3.83. The number of halogens is 1. The zero-order chi connectivity index (χ0) is 18.0. The number of carbonyl (C=O) groups excluding carboxylic acids is 1. The van der Waals surface area contributed by atoms with Gasteiger partial charge in [0.25, 0.3) is 0 Å². The highest BCUT2D eigenvalue weighted by Crippen LogP contribution is 2.23. The second kappa shape index (κ2) is 6.85. The lowest BCUT2D eigenvalue weighted by atomic mass is 10.2. The molecule has 25 heavy (non-hydrogen) atoms. The molecule has 0 aliphatic heterocycles. The summed E-state index contributed by atoms with van der Waals surface area (Å²) < 4.78 is 46.1. The van der Waals surface area contributed by atoms with Crippen molar-refractivity contribution in [2.24, 2.45) is 0 Å². The number of amides is 1. The Morgan fingerprint density at radius 2 is 2.04 bits per heavy atom. The quantitative estimate of drug-likeness (QED) is 0.736. The van der Waals surface area contributed by atoms with Crippen LogP contribution in [0.5, 0.6) is 0 Å². The van der Waals surface area contributed by atoms with E-state index in [2.05, 4.69) is 14.1 Å². The summed E-state index contributed by atoms with van der Waals surface area (Å²) >= 11 is 0.938. The van der Waals surface area contributed by atoms with Crippen LogP contribution in [-0.2, 0) is 14.6 Å². The topological polar surface area (TPSA) is 89.0 Å². The van der Waals surface area contributed by atoms with Crippen LogP contribution in [0.3, 0.4) is 0 Å². The molecule has 130 valence electrons. The zero-order valence-corrected chi connectivity index (χ0v) is 14.8. The Bertz CT molecular complexity index is 1050. The van der Waals surface area contributed by atoms with Crippen molar-refractivity contribution < 1.29 is 17.6 Å². The van der Waals surface area contributed by atoms with Crippen LogP contribution in [0.15, 0.2) is 41.3 Å². The van der Waals surface area contributed by atoms with Gasteiger partial charge in [-0.2, -0.15) is 8.75 Å². The molecule has 0 bridgehead atoms. The summed E-state index contributed by atoms with van der Waals surface area (Å²) in [6.45, 7) is 1.66. The number of nitrogens with one attached hydrogen (secondary N) is 1. The molecule has 0 radical (unpaired) electrons. The van der Waals surface area contributed by atoms with Gasteiger partial charge in [0.05, 0.1) is 22.4 Å². The Balaban J connectivity index is 1.72. The molecule has 3 rings (SSSR count). The van der Waals surface area contributed by atoms with Crippen LogP contribution < -0.4 is 5.32 Å². The molecule has 0 atom stereocenters. The summed E-state index contributed by atoms with van der Waals surface area (Å²) in [6.07, 6.45) is -0.215. The number of fused-ring (bicyclic) bond motifs is 1. The van der Waals surface area contributed by atoms with Crippen molar-refractivity contribution in [2.45, 2.75) is 18.2 Å². The highest BCUT2D eigenvalue weighted by atomic mass is 32.2. The van der Waals surface area contributed by atoms with Crippen molar-refractivity contribution in [1.82, 2.24) is 8.75 Å². The molecule has 0 aliphatic carbocycles. The molecule has 0 aliphatic rings. The molecule has 1 N–H and O–H groups in total. The maximum atomic E-state index is 13.1. The van der Waals surface area contributed by atoms with Gasteiger partial charge in [0.15, 0.2) is 9.84 Å². The van der Waals surface area contributed by atoms with Crippen molar-refractivity contribution in [3.8, 4) is 0 Å². The minimum absolute atomic E-state index is 0.0736. The predicted octanol–water partition coefficient (Wildman–Crippen LogP) is 2.94. The number of carbonyl (C=O) groups is 1. The number of nitrogens with zero attached hydrogens (tertiary/aromatic N) is 2. The number of aromatic nitrogens is 2. The summed E-state index contributed by atoms with van der Waals surface area (Å²) in [4.78, 5) is 12.1. The molecule has 9 heteroatoms. The minimum atomic E-state index is -3.68. The van der Waals surface area contributed by atoms with Crippen molar-refractivity contribution in [1.29, 1.82) is 0 Å². The van der Waals surface area contributed by atoms with Crippen molar-refractivity contribution in [3.05, 3.63) is 47.8 Å². The van der Waals surface area contributed by atoms with Gasteiger partial charge in [0.1, 0.15) is 16.9 Å². The summed E-state index contributed by atoms with van der Waals surface area (Å²) in [6, 6.07) is 8.71. The van der Waals surface area contributed by atoms with Crippen LogP contribution in [0.4, 0.5) is 10.1 Å². The molecule has 0 saturated carbocycles. The molecule has 1 aromatic heterocycles. The molecular weight excluding hydrogens is 365 g/mol. The number of hydrogen-bond donors (Lipinski definition) is 1. The Kier molecular flexibility index (Phi) is 4.78. The van der Waals surface area contributed by atoms with Gasteiger partial charge in [0, 0.05) is 12.1 Å². The maximum absolute atomic E-state index is 13.1. The van der Waals surface area contributed by atoms with Crippen LogP contribution in [0.2, 0.25) is 0 Å². The van der Waals surface area contributed by atoms with Gasteiger partial charge in [-0.05, 0) is 42.8 Å². The van der Waals surface area contributed by atoms with Crippen LogP contribution in [0, 0.1) is 12.7 Å². The molecule has 0 fully saturated rings. The van der Waals surface area contributed by atoms with Gasteiger partial charge < -0.3 is 5.32 Å². The van der Waals surface area contributed by atoms with Crippen LogP contribution in [0.25, 0.3) is 11.0 Å². The molecule has 1 amide bonds. The smallest absolute Gasteiger partial charge is 0.225 e. The second-order valence-electron chi connectivity index (χ2n) is 5.46. The number of hydrogen-bond acceptors (Lipinski definition) is 6. The van der Waals surface area contributed by atoms with Crippen LogP contribution in [-0.4, -0.2) is 28.8 Å². The normalized spacial score (nSPS) is 11.6. The fourth-order valence-corrected chi connectivity index (χ4v) is 4.36. The lowest BCUT2D eigenvalue weighted by Gasteiger charge is -2.09. The first-order chi connectivity index (χ1) is 11.9. The van der Waals surface area contributed by atoms with E-state index < -0.39 is 21.6 Å². The molecule has 0 saturated heterocycles. The van der Waals surface area contributed by atoms with Gasteiger partial charge in [-0.1, -0.05) is 6.07 Å². The number of aryl methyl sites for hydroxylation is 1. The van der Waals surface area contributed by atoms with Crippen LogP contribution >= 0.6 is 11.7 Å². The van der Waals surface area contributed by atoms with Gasteiger partial charge in [-0.25, -0.2) is 12.8 Å². The molecule has 2 aromatic carbocycles. The van der Waals surface area contributed by atoms with E-state index in [4.69, 9.17) is 0 Å². The number of benzene rings is 2. The highest BCUT2D eigenvalue weighted by Gasteiger charge is 2.21. The minimum Gasteiger partial charge on any atom is -0.326 e. The Morgan fingerprint density at radius 1 is 1.24 bits per heavy atom. The molecule has 3 aromatic rings. The maximum Gasteiger partial charge on any atom is 0.225 e. The first kappa shape index (κ1) is 17.4. The van der Waals surface area contributed by atoms with E-state index in [1.54, 1.807) is 19.1 Å². The fourth-order valence-electron chi connectivity index (χ4n) is 2.35. The molecular formula is C16H14FN3O3S2. The third-order valence-electron chi connectivity index (χ3n) is 3.64. The SMILES string of the molecule is Cc1cc(F)ccc1NC(=O)CCS(=O)(=O)c1cccc2nsnc12. The standard InChI is InChI=1S/C16H14FN3O3S2/c1-10-9-11(17)5-6-12(10)18-15(21)7-8-25(22,23)14-4-2-3-13-16(14)20-24-19-13/h2-6,9H,7-8H2,1H3,(H,18,21). The van der Waals surface area contributed by atoms with E-state index in [0.717, 1.165) is 11.7 Å². The van der Waals surface area contributed by atoms with E-state index in [0.29, 0.717) is 22.3 Å². The van der Waals surface area contributed by atoms with Gasteiger partial charge in [-0.3, -0.25) is 4.79 Å². The lowest BCUT2D eigenvalue weighted by Crippen LogP contribution is -2.18. The first-order valence-corrected chi connectivity index (χ1v) is 9.75. The summed E-state index contributed by atoms with van der Waals surface area (Å²) in [7, 11) is -3.68. The van der Waals surface area contributed by atoms with E-state index in [1.165, 1.54) is 24.3 Å². The van der Waals surface area contributed by atoms with Crippen molar-refractivity contribution in [3.63, 3.8) is 0 Å². The van der Waals surface area contributed by atoms with Gasteiger partial charge >= 0.3 is 0 Å². The molecule has 0 unspecified atom stereocenters. The third-order valence-corrected chi connectivity index (χ3v) is 5.93. The summed E-state index contributed by atoms with van der Waals surface area (Å²) in [5.74, 6) is -1.21.